The largest absolute Gasteiger partial charge is 0.330 e. The van der Waals surface area contributed by atoms with Crippen molar-refractivity contribution in [3.05, 3.63) is 0 Å². The van der Waals surface area contributed by atoms with E-state index >= 15 is 0 Å². The Kier molecular flexibility index (Phi) is 5.94. The number of hydrogen-bond acceptors (Lipinski definition) is 2. The SMILES string of the molecule is CC(C)CC(CN)CCNC1CCC(C)(C)C1. The molecule has 1 rings (SSSR count). The van der Waals surface area contributed by atoms with Gasteiger partial charge in [0.2, 0.25) is 0 Å². The second-order valence-corrected chi connectivity index (χ2v) is 7.08. The second-order valence-electron chi connectivity index (χ2n) is 7.08. The van der Waals surface area contributed by atoms with Gasteiger partial charge in [0, 0.05) is 6.04 Å². The van der Waals surface area contributed by atoms with E-state index in [1.54, 1.807) is 0 Å². The zero-order valence-electron chi connectivity index (χ0n) is 12.3. The van der Waals surface area contributed by atoms with E-state index in [9.17, 15) is 0 Å². The molecule has 2 nitrogen and oxygen atoms in total. The average molecular weight is 240 g/mol. The van der Waals surface area contributed by atoms with E-state index in [0.717, 1.165) is 25.0 Å². The second kappa shape index (κ2) is 6.75. The van der Waals surface area contributed by atoms with Gasteiger partial charge in [-0.25, -0.2) is 0 Å². The Labute approximate surface area is 108 Å². The van der Waals surface area contributed by atoms with Gasteiger partial charge < -0.3 is 11.1 Å². The summed E-state index contributed by atoms with van der Waals surface area (Å²) in [6.45, 7) is 11.3. The molecule has 0 aromatic rings. The van der Waals surface area contributed by atoms with Crippen LogP contribution in [-0.2, 0) is 0 Å². The molecular formula is C15H32N2. The molecule has 0 amide bonds. The lowest BCUT2D eigenvalue weighted by Gasteiger charge is -2.20. The molecule has 1 aliphatic carbocycles. The van der Waals surface area contributed by atoms with Gasteiger partial charge in [-0.05, 0) is 62.4 Å². The fraction of sp³-hybridized carbons (Fsp3) is 1.00. The maximum Gasteiger partial charge on any atom is 0.00723 e. The van der Waals surface area contributed by atoms with Gasteiger partial charge in [-0.15, -0.1) is 0 Å². The summed E-state index contributed by atoms with van der Waals surface area (Å²) in [5.41, 5.74) is 6.39. The Morgan fingerprint density at radius 2 is 2.06 bits per heavy atom. The van der Waals surface area contributed by atoms with Crippen molar-refractivity contribution < 1.29 is 0 Å². The van der Waals surface area contributed by atoms with Gasteiger partial charge in [0.15, 0.2) is 0 Å². The van der Waals surface area contributed by atoms with Gasteiger partial charge in [-0.2, -0.15) is 0 Å². The number of nitrogens with one attached hydrogen (secondary N) is 1. The molecule has 0 saturated heterocycles. The molecule has 1 aliphatic rings. The first kappa shape index (κ1) is 15.0. The van der Waals surface area contributed by atoms with Crippen LogP contribution in [0, 0.1) is 17.3 Å². The van der Waals surface area contributed by atoms with E-state index < -0.39 is 0 Å². The Balaban J connectivity index is 2.14. The third-order valence-electron chi connectivity index (χ3n) is 4.09. The molecule has 2 unspecified atom stereocenters. The van der Waals surface area contributed by atoms with Gasteiger partial charge in [0.1, 0.15) is 0 Å². The summed E-state index contributed by atoms with van der Waals surface area (Å²) in [4.78, 5) is 0. The lowest BCUT2D eigenvalue weighted by molar-refractivity contribution is 0.350. The van der Waals surface area contributed by atoms with Crippen molar-refractivity contribution >= 4 is 0 Å². The summed E-state index contributed by atoms with van der Waals surface area (Å²) >= 11 is 0. The van der Waals surface area contributed by atoms with Crippen LogP contribution in [-0.4, -0.2) is 19.1 Å². The molecule has 1 saturated carbocycles. The zero-order valence-corrected chi connectivity index (χ0v) is 12.3. The summed E-state index contributed by atoms with van der Waals surface area (Å²) in [5.74, 6) is 1.48. The van der Waals surface area contributed by atoms with E-state index in [0.29, 0.717) is 11.3 Å². The van der Waals surface area contributed by atoms with Crippen LogP contribution in [0.15, 0.2) is 0 Å². The van der Waals surface area contributed by atoms with Crippen LogP contribution in [0.5, 0.6) is 0 Å². The average Bonchev–Trinajstić information content (AvgIpc) is 2.56. The maximum absolute atomic E-state index is 5.83. The van der Waals surface area contributed by atoms with Crippen molar-refractivity contribution in [2.45, 2.75) is 65.8 Å². The van der Waals surface area contributed by atoms with Crippen molar-refractivity contribution in [1.29, 1.82) is 0 Å². The first-order valence-corrected chi connectivity index (χ1v) is 7.36. The molecule has 0 radical (unpaired) electrons. The minimum atomic E-state index is 0.558. The molecule has 0 aromatic carbocycles. The molecule has 1 fully saturated rings. The molecule has 0 bridgehead atoms. The molecule has 17 heavy (non-hydrogen) atoms. The Bertz CT molecular complexity index is 209. The molecular weight excluding hydrogens is 208 g/mol. The Morgan fingerprint density at radius 3 is 2.53 bits per heavy atom. The smallest absolute Gasteiger partial charge is 0.00723 e. The summed E-state index contributed by atoms with van der Waals surface area (Å²) < 4.78 is 0. The van der Waals surface area contributed by atoms with E-state index in [4.69, 9.17) is 5.73 Å². The third kappa shape index (κ3) is 5.87. The number of nitrogens with two attached hydrogens (primary N) is 1. The van der Waals surface area contributed by atoms with Crippen LogP contribution < -0.4 is 11.1 Å². The lowest BCUT2D eigenvalue weighted by Crippen LogP contribution is -2.30. The van der Waals surface area contributed by atoms with Crippen molar-refractivity contribution in [2.24, 2.45) is 23.0 Å². The minimum absolute atomic E-state index is 0.558. The molecule has 0 aromatic heterocycles. The highest BCUT2D eigenvalue weighted by Gasteiger charge is 2.30. The van der Waals surface area contributed by atoms with Crippen molar-refractivity contribution in [3.8, 4) is 0 Å². The normalized spacial score (nSPS) is 25.4. The maximum atomic E-state index is 5.83. The van der Waals surface area contributed by atoms with E-state index in [2.05, 4.69) is 33.0 Å². The first-order valence-electron chi connectivity index (χ1n) is 7.36. The lowest BCUT2D eigenvalue weighted by atomic mass is 9.91. The topological polar surface area (TPSA) is 38.0 Å². The fourth-order valence-electron chi connectivity index (χ4n) is 3.10. The standard InChI is InChI=1S/C15H32N2/c1-12(2)9-13(11-16)6-8-17-14-5-7-15(3,4)10-14/h12-14,17H,5-11,16H2,1-4H3. The molecule has 2 atom stereocenters. The highest BCUT2D eigenvalue weighted by molar-refractivity contribution is 4.86. The fourth-order valence-corrected chi connectivity index (χ4v) is 3.10. The first-order chi connectivity index (χ1) is 7.93. The molecule has 0 spiro atoms. The molecule has 102 valence electrons. The van der Waals surface area contributed by atoms with Gasteiger partial charge in [0.25, 0.3) is 0 Å². The van der Waals surface area contributed by atoms with Crippen molar-refractivity contribution in [2.75, 3.05) is 13.1 Å². The van der Waals surface area contributed by atoms with Crippen LogP contribution in [0.25, 0.3) is 0 Å². The minimum Gasteiger partial charge on any atom is -0.330 e. The van der Waals surface area contributed by atoms with Crippen LogP contribution in [0.1, 0.15) is 59.8 Å². The molecule has 2 heteroatoms. The summed E-state index contributed by atoms with van der Waals surface area (Å²) in [6, 6.07) is 0.752. The van der Waals surface area contributed by atoms with Crippen LogP contribution in [0.3, 0.4) is 0 Å². The van der Waals surface area contributed by atoms with E-state index in [1.165, 1.54) is 32.1 Å². The quantitative estimate of drug-likeness (QED) is 0.717. The van der Waals surface area contributed by atoms with Gasteiger partial charge in [-0.1, -0.05) is 27.7 Å². The summed E-state index contributed by atoms with van der Waals surface area (Å²) in [5, 5.41) is 3.72. The molecule has 3 N–H and O–H groups in total. The van der Waals surface area contributed by atoms with E-state index in [1.807, 2.05) is 0 Å². The Hall–Kier alpha value is -0.0800. The van der Waals surface area contributed by atoms with Crippen LogP contribution in [0.4, 0.5) is 0 Å². The molecule has 0 heterocycles. The van der Waals surface area contributed by atoms with E-state index in [-0.39, 0.29) is 0 Å². The van der Waals surface area contributed by atoms with Gasteiger partial charge >= 0.3 is 0 Å². The predicted octanol–water partition coefficient (Wildman–Crippen LogP) is 3.17. The third-order valence-corrected chi connectivity index (χ3v) is 4.09. The van der Waals surface area contributed by atoms with Crippen LogP contribution in [0.2, 0.25) is 0 Å². The monoisotopic (exact) mass is 240 g/mol. The van der Waals surface area contributed by atoms with Crippen LogP contribution >= 0.6 is 0 Å². The van der Waals surface area contributed by atoms with Crippen molar-refractivity contribution in [1.82, 2.24) is 5.32 Å². The van der Waals surface area contributed by atoms with Gasteiger partial charge in [-0.3, -0.25) is 0 Å². The summed E-state index contributed by atoms with van der Waals surface area (Å²) in [6.07, 6.45) is 6.58. The van der Waals surface area contributed by atoms with Crippen molar-refractivity contribution in [3.63, 3.8) is 0 Å². The highest BCUT2D eigenvalue weighted by atomic mass is 14.9. The zero-order chi connectivity index (χ0) is 12.9. The molecule has 0 aliphatic heterocycles. The number of rotatable bonds is 7. The highest BCUT2D eigenvalue weighted by Crippen LogP contribution is 2.36. The number of hydrogen-bond donors (Lipinski definition) is 2. The summed E-state index contributed by atoms with van der Waals surface area (Å²) in [7, 11) is 0. The van der Waals surface area contributed by atoms with Gasteiger partial charge in [0.05, 0.1) is 0 Å². The Morgan fingerprint density at radius 1 is 1.35 bits per heavy atom. The predicted molar refractivity (Wildman–Crippen MR) is 76.0 cm³/mol.